The molecule has 0 aliphatic carbocycles. The molecule has 0 radical (unpaired) electrons. The number of ether oxygens (including phenoxy) is 1. The molecule has 0 aromatic heterocycles. The van der Waals surface area contributed by atoms with E-state index in [0.29, 0.717) is 22.6 Å². The Morgan fingerprint density at radius 3 is 2.12 bits per heavy atom. The standard InChI is InChI=1S/C8H8ClNO.C2H6O.C2H6/c1-5-2-6(4-11)8(10)7(9)3-5;1-3-2;1-2/h2-4H,10H2,1H3;1-2H3;1-2H3. The zero-order chi connectivity index (χ0) is 13.1. The molecule has 0 unspecified atom stereocenters. The molecule has 0 aliphatic rings. The van der Waals surface area contributed by atoms with Crippen molar-refractivity contribution in [3.8, 4) is 0 Å². The van der Waals surface area contributed by atoms with Crippen LogP contribution in [0.3, 0.4) is 0 Å². The first kappa shape index (κ1) is 17.3. The van der Waals surface area contributed by atoms with E-state index in [1.165, 1.54) is 0 Å². The highest BCUT2D eigenvalue weighted by atomic mass is 35.5. The van der Waals surface area contributed by atoms with Crippen molar-refractivity contribution >= 4 is 23.6 Å². The monoisotopic (exact) mass is 245 g/mol. The highest BCUT2D eigenvalue weighted by molar-refractivity contribution is 6.33. The summed E-state index contributed by atoms with van der Waals surface area (Å²) in [6.07, 6.45) is 0.703. The van der Waals surface area contributed by atoms with E-state index in [1.807, 2.05) is 20.8 Å². The number of carbonyl (C=O) groups excluding carboxylic acids is 1. The topological polar surface area (TPSA) is 52.3 Å². The fourth-order valence-electron chi connectivity index (χ4n) is 0.878. The second-order valence-corrected chi connectivity index (χ2v) is 3.18. The summed E-state index contributed by atoms with van der Waals surface area (Å²) >= 11 is 5.71. The molecule has 1 aromatic carbocycles. The highest BCUT2D eigenvalue weighted by Crippen LogP contribution is 2.23. The van der Waals surface area contributed by atoms with Gasteiger partial charge in [0.2, 0.25) is 0 Å². The Morgan fingerprint density at radius 1 is 1.31 bits per heavy atom. The summed E-state index contributed by atoms with van der Waals surface area (Å²) in [4.78, 5) is 10.4. The summed E-state index contributed by atoms with van der Waals surface area (Å²) in [5.41, 5.74) is 7.24. The van der Waals surface area contributed by atoms with Crippen LogP contribution in [0.15, 0.2) is 12.1 Å². The van der Waals surface area contributed by atoms with Gasteiger partial charge >= 0.3 is 0 Å². The molecule has 0 saturated heterocycles. The zero-order valence-corrected chi connectivity index (χ0v) is 11.3. The molecule has 0 spiro atoms. The fourth-order valence-corrected chi connectivity index (χ4v) is 1.16. The number of rotatable bonds is 1. The smallest absolute Gasteiger partial charge is 0.152 e. The van der Waals surface area contributed by atoms with Crippen molar-refractivity contribution in [3.05, 3.63) is 28.3 Å². The van der Waals surface area contributed by atoms with E-state index in [-0.39, 0.29) is 0 Å². The Morgan fingerprint density at radius 2 is 1.75 bits per heavy atom. The van der Waals surface area contributed by atoms with Crippen LogP contribution in [0.5, 0.6) is 0 Å². The molecule has 0 bridgehead atoms. The van der Waals surface area contributed by atoms with Crippen LogP contribution in [-0.4, -0.2) is 20.5 Å². The second-order valence-electron chi connectivity index (χ2n) is 2.78. The lowest BCUT2D eigenvalue weighted by molar-refractivity contribution is 0.112. The van der Waals surface area contributed by atoms with Gasteiger partial charge in [0.05, 0.1) is 10.7 Å². The van der Waals surface area contributed by atoms with Crippen molar-refractivity contribution in [2.24, 2.45) is 0 Å². The third-order valence-corrected chi connectivity index (χ3v) is 1.75. The normalized spacial score (nSPS) is 8.12. The minimum atomic E-state index is 0.354. The number of hydrogen-bond acceptors (Lipinski definition) is 3. The summed E-state index contributed by atoms with van der Waals surface area (Å²) in [6.45, 7) is 5.86. The first-order valence-corrected chi connectivity index (χ1v) is 5.35. The lowest BCUT2D eigenvalue weighted by Gasteiger charge is -2.01. The van der Waals surface area contributed by atoms with Crippen LogP contribution >= 0.6 is 11.6 Å². The van der Waals surface area contributed by atoms with E-state index in [0.717, 1.165) is 5.56 Å². The number of nitrogen functional groups attached to an aromatic ring is 1. The molecule has 0 amide bonds. The molecule has 0 saturated carbocycles. The van der Waals surface area contributed by atoms with E-state index in [2.05, 4.69) is 4.74 Å². The van der Waals surface area contributed by atoms with Gasteiger partial charge < -0.3 is 10.5 Å². The molecule has 1 rings (SSSR count). The Labute approximate surface area is 103 Å². The maximum atomic E-state index is 10.4. The predicted octanol–water partition coefficient (Wildman–Crippen LogP) is 3.33. The SMILES string of the molecule is CC.COC.Cc1cc(Cl)c(N)c(C=O)c1. The van der Waals surface area contributed by atoms with E-state index in [1.54, 1.807) is 26.4 Å². The van der Waals surface area contributed by atoms with Crippen LogP contribution in [0, 0.1) is 6.92 Å². The lowest BCUT2D eigenvalue weighted by atomic mass is 10.1. The zero-order valence-electron chi connectivity index (χ0n) is 10.5. The predicted molar refractivity (Wildman–Crippen MR) is 70.3 cm³/mol. The Hall–Kier alpha value is -1.06. The summed E-state index contributed by atoms with van der Waals surface area (Å²) in [5, 5.41) is 0.437. The van der Waals surface area contributed by atoms with Gasteiger partial charge in [-0.2, -0.15) is 0 Å². The highest BCUT2D eigenvalue weighted by Gasteiger charge is 2.02. The van der Waals surface area contributed by atoms with Gasteiger partial charge in [0.25, 0.3) is 0 Å². The molecule has 0 atom stereocenters. The van der Waals surface area contributed by atoms with Crippen molar-refractivity contribution in [2.75, 3.05) is 20.0 Å². The first-order valence-electron chi connectivity index (χ1n) is 4.97. The molecular weight excluding hydrogens is 226 g/mol. The van der Waals surface area contributed by atoms with Gasteiger partial charge in [0.15, 0.2) is 6.29 Å². The first-order chi connectivity index (χ1) is 7.56. The Balaban J connectivity index is 0. The minimum Gasteiger partial charge on any atom is -0.397 e. The van der Waals surface area contributed by atoms with Crippen LogP contribution in [-0.2, 0) is 4.74 Å². The Bertz CT molecular complexity index is 314. The maximum Gasteiger partial charge on any atom is 0.152 e. The van der Waals surface area contributed by atoms with Gasteiger partial charge in [-0.1, -0.05) is 25.4 Å². The molecule has 4 heteroatoms. The average Bonchev–Trinajstić information content (AvgIpc) is 2.27. The molecule has 3 nitrogen and oxygen atoms in total. The number of halogens is 1. The van der Waals surface area contributed by atoms with Gasteiger partial charge in [-0.15, -0.1) is 0 Å². The van der Waals surface area contributed by atoms with E-state index < -0.39 is 0 Å². The lowest BCUT2D eigenvalue weighted by Crippen LogP contribution is -1.94. The van der Waals surface area contributed by atoms with Crippen LogP contribution in [0.25, 0.3) is 0 Å². The minimum absolute atomic E-state index is 0.354. The van der Waals surface area contributed by atoms with Crippen LogP contribution in [0.4, 0.5) is 5.69 Å². The quantitative estimate of drug-likeness (QED) is 0.610. The third-order valence-electron chi connectivity index (χ3n) is 1.43. The summed E-state index contributed by atoms with van der Waals surface area (Å²) in [6, 6.07) is 3.43. The number of aryl methyl sites for hydroxylation is 1. The fraction of sp³-hybridized carbons (Fsp3) is 0.417. The number of nitrogens with two attached hydrogens (primary N) is 1. The molecular formula is C12H20ClNO2. The van der Waals surface area contributed by atoms with Crippen molar-refractivity contribution in [3.63, 3.8) is 0 Å². The Kier molecular flexibility index (Phi) is 11.3. The van der Waals surface area contributed by atoms with E-state index >= 15 is 0 Å². The van der Waals surface area contributed by atoms with Gasteiger partial charge in [-0.05, 0) is 24.6 Å². The molecule has 0 fully saturated rings. The van der Waals surface area contributed by atoms with Crippen LogP contribution in [0.2, 0.25) is 5.02 Å². The third kappa shape index (κ3) is 6.43. The molecule has 92 valence electrons. The number of carbonyl (C=O) groups is 1. The summed E-state index contributed by atoms with van der Waals surface area (Å²) in [5.74, 6) is 0. The molecule has 16 heavy (non-hydrogen) atoms. The second kappa shape index (κ2) is 10.5. The molecule has 1 aromatic rings. The van der Waals surface area contributed by atoms with Crippen molar-refractivity contribution in [1.82, 2.24) is 0 Å². The maximum absolute atomic E-state index is 10.4. The van der Waals surface area contributed by atoms with E-state index in [9.17, 15) is 4.79 Å². The van der Waals surface area contributed by atoms with Gasteiger partial charge in [0, 0.05) is 19.8 Å². The number of benzene rings is 1. The number of aldehydes is 1. The largest absolute Gasteiger partial charge is 0.397 e. The van der Waals surface area contributed by atoms with Gasteiger partial charge in [-0.25, -0.2) is 0 Å². The van der Waals surface area contributed by atoms with Crippen molar-refractivity contribution in [2.45, 2.75) is 20.8 Å². The van der Waals surface area contributed by atoms with E-state index in [4.69, 9.17) is 17.3 Å². The average molecular weight is 246 g/mol. The van der Waals surface area contributed by atoms with Crippen LogP contribution in [0.1, 0.15) is 29.8 Å². The molecule has 0 heterocycles. The van der Waals surface area contributed by atoms with Gasteiger partial charge in [0.1, 0.15) is 0 Å². The van der Waals surface area contributed by atoms with Crippen LogP contribution < -0.4 is 5.73 Å². The van der Waals surface area contributed by atoms with Gasteiger partial charge in [-0.3, -0.25) is 4.79 Å². The number of hydrogen-bond donors (Lipinski definition) is 1. The molecule has 2 N–H and O–H groups in total. The summed E-state index contributed by atoms with van der Waals surface area (Å²) in [7, 11) is 3.25. The number of methoxy groups -OCH3 is 1. The van der Waals surface area contributed by atoms with Crippen molar-refractivity contribution < 1.29 is 9.53 Å². The summed E-state index contributed by atoms with van der Waals surface area (Å²) < 4.78 is 4.25. The number of anilines is 1. The van der Waals surface area contributed by atoms with Crippen molar-refractivity contribution in [1.29, 1.82) is 0 Å². The molecule has 0 aliphatic heterocycles.